The number of aromatic hydroxyl groups is 5. The molecule has 2 aromatic rings. The van der Waals surface area contributed by atoms with Gasteiger partial charge in [-0.15, -0.1) is 0 Å². The summed E-state index contributed by atoms with van der Waals surface area (Å²) in [7, 11) is 0. The van der Waals surface area contributed by atoms with Gasteiger partial charge >= 0.3 is 5.97 Å². The van der Waals surface area contributed by atoms with E-state index >= 15 is 0 Å². The predicted molar refractivity (Wildman–Crippen MR) is 71.0 cm³/mol. The van der Waals surface area contributed by atoms with E-state index in [1.807, 2.05) is 0 Å². The first-order valence-electron chi connectivity index (χ1n) is 5.74. The molecule has 2 rings (SSSR count). The fourth-order valence-electron chi connectivity index (χ4n) is 1.61. The molecule has 0 amide bonds. The standard InChI is InChI=1S/C14H9O8/c15-5-6-1-8(16)13(20)11(2-6)22-14(21)7-3-9(17)12(19)10(18)4-7/h1-4,16-20H. The van der Waals surface area contributed by atoms with Crippen LogP contribution < -0.4 is 4.74 Å². The van der Waals surface area contributed by atoms with Crippen LogP contribution in [0.2, 0.25) is 0 Å². The normalized spacial score (nSPS) is 10.2. The van der Waals surface area contributed by atoms with Crippen LogP contribution in [-0.4, -0.2) is 37.8 Å². The smallest absolute Gasteiger partial charge is 0.343 e. The summed E-state index contributed by atoms with van der Waals surface area (Å²) in [5.74, 6) is -5.43. The molecule has 8 nitrogen and oxygen atoms in total. The number of carbonyl (C=O) groups is 1. The molecule has 8 heteroatoms. The number of hydrogen-bond donors (Lipinski definition) is 5. The monoisotopic (exact) mass is 305 g/mol. The van der Waals surface area contributed by atoms with Crippen LogP contribution in [0, 0.1) is 0 Å². The zero-order chi connectivity index (χ0) is 16.4. The average Bonchev–Trinajstić information content (AvgIpc) is 2.48. The lowest BCUT2D eigenvalue weighted by molar-refractivity contribution is 0.0728. The van der Waals surface area contributed by atoms with E-state index in [1.54, 1.807) is 0 Å². The van der Waals surface area contributed by atoms with E-state index in [2.05, 4.69) is 0 Å². The SMILES string of the molecule is O=[C]c1cc(O)c(O)c(OC(=O)c2cc(O)c(O)c(O)c2)c1. The Morgan fingerprint density at radius 1 is 0.864 bits per heavy atom. The van der Waals surface area contributed by atoms with E-state index in [9.17, 15) is 35.1 Å². The molecule has 0 heterocycles. The predicted octanol–water partition coefficient (Wildman–Crippen LogP) is 0.892. The fourth-order valence-corrected chi connectivity index (χ4v) is 1.61. The zero-order valence-corrected chi connectivity index (χ0v) is 10.8. The number of rotatable bonds is 3. The minimum atomic E-state index is -1.12. The van der Waals surface area contributed by atoms with Gasteiger partial charge in [-0.2, -0.15) is 0 Å². The third-order valence-corrected chi connectivity index (χ3v) is 2.68. The molecule has 5 N–H and O–H groups in total. The summed E-state index contributed by atoms with van der Waals surface area (Å²) in [6.07, 6.45) is 1.45. The van der Waals surface area contributed by atoms with Gasteiger partial charge in [-0.05, 0) is 24.3 Å². The van der Waals surface area contributed by atoms with E-state index < -0.39 is 40.5 Å². The van der Waals surface area contributed by atoms with Crippen LogP contribution >= 0.6 is 0 Å². The molecular weight excluding hydrogens is 296 g/mol. The molecule has 0 saturated carbocycles. The number of hydrogen-bond acceptors (Lipinski definition) is 8. The number of phenols is 5. The fraction of sp³-hybridized carbons (Fsp3) is 0. The molecule has 22 heavy (non-hydrogen) atoms. The van der Waals surface area contributed by atoms with Gasteiger partial charge in [0, 0.05) is 5.56 Å². The molecule has 113 valence electrons. The summed E-state index contributed by atoms with van der Waals surface area (Å²) >= 11 is 0. The van der Waals surface area contributed by atoms with Gasteiger partial charge in [0.05, 0.1) is 5.56 Å². The highest BCUT2D eigenvalue weighted by atomic mass is 16.5. The topological polar surface area (TPSA) is 145 Å². The van der Waals surface area contributed by atoms with Gasteiger partial charge in [-0.3, -0.25) is 4.79 Å². The van der Waals surface area contributed by atoms with Crippen LogP contribution in [0.5, 0.6) is 34.5 Å². The third kappa shape index (κ3) is 2.70. The van der Waals surface area contributed by atoms with Crippen molar-refractivity contribution in [1.82, 2.24) is 0 Å². The van der Waals surface area contributed by atoms with Crippen molar-refractivity contribution in [2.24, 2.45) is 0 Å². The minimum absolute atomic E-state index is 0.172. The molecule has 0 fully saturated rings. The lowest BCUT2D eigenvalue weighted by Crippen LogP contribution is -2.08. The lowest BCUT2D eigenvalue weighted by Gasteiger charge is -2.09. The quantitative estimate of drug-likeness (QED) is 0.319. The summed E-state index contributed by atoms with van der Waals surface area (Å²) < 4.78 is 4.77. The number of ether oxygens (including phenoxy) is 1. The summed E-state index contributed by atoms with van der Waals surface area (Å²) in [4.78, 5) is 22.4. The van der Waals surface area contributed by atoms with Crippen molar-refractivity contribution in [2.45, 2.75) is 0 Å². The van der Waals surface area contributed by atoms with E-state index in [-0.39, 0.29) is 11.1 Å². The van der Waals surface area contributed by atoms with Crippen LogP contribution in [0.4, 0.5) is 0 Å². The van der Waals surface area contributed by atoms with Crippen LogP contribution in [0.3, 0.4) is 0 Å². The highest BCUT2D eigenvalue weighted by Gasteiger charge is 2.18. The van der Waals surface area contributed by atoms with Crippen molar-refractivity contribution < 1.29 is 39.9 Å². The molecule has 0 atom stereocenters. The van der Waals surface area contributed by atoms with E-state index in [0.29, 0.717) is 0 Å². The summed E-state index contributed by atoms with van der Waals surface area (Å²) in [5, 5.41) is 46.8. The Hall–Kier alpha value is -3.42. The van der Waals surface area contributed by atoms with Gasteiger partial charge in [0.15, 0.2) is 28.7 Å². The van der Waals surface area contributed by atoms with Crippen molar-refractivity contribution in [3.63, 3.8) is 0 Å². The number of phenolic OH excluding ortho intramolecular Hbond substituents is 5. The molecule has 2 aromatic carbocycles. The Balaban J connectivity index is 2.37. The molecule has 0 aliphatic carbocycles. The van der Waals surface area contributed by atoms with Crippen LogP contribution in [0.15, 0.2) is 24.3 Å². The largest absolute Gasteiger partial charge is 0.504 e. The van der Waals surface area contributed by atoms with Gasteiger partial charge in [0.2, 0.25) is 12.0 Å². The maximum Gasteiger partial charge on any atom is 0.343 e. The van der Waals surface area contributed by atoms with Crippen molar-refractivity contribution in [3.8, 4) is 34.5 Å². The van der Waals surface area contributed by atoms with Gasteiger partial charge < -0.3 is 30.3 Å². The van der Waals surface area contributed by atoms with Gasteiger partial charge in [0.25, 0.3) is 0 Å². The molecule has 0 spiro atoms. The zero-order valence-electron chi connectivity index (χ0n) is 10.8. The maximum absolute atomic E-state index is 11.9. The lowest BCUT2D eigenvalue weighted by atomic mass is 10.1. The van der Waals surface area contributed by atoms with Crippen LogP contribution in [0.1, 0.15) is 15.9 Å². The van der Waals surface area contributed by atoms with Crippen molar-refractivity contribution in [2.75, 3.05) is 0 Å². The highest BCUT2D eigenvalue weighted by Crippen LogP contribution is 2.38. The van der Waals surface area contributed by atoms with E-state index in [1.165, 1.54) is 6.29 Å². The van der Waals surface area contributed by atoms with Crippen LogP contribution in [0.25, 0.3) is 0 Å². The van der Waals surface area contributed by atoms with Gasteiger partial charge in [-0.25, -0.2) is 4.79 Å². The van der Waals surface area contributed by atoms with Crippen molar-refractivity contribution in [3.05, 3.63) is 35.4 Å². The first-order valence-corrected chi connectivity index (χ1v) is 5.74. The Morgan fingerprint density at radius 3 is 1.95 bits per heavy atom. The maximum atomic E-state index is 11.9. The van der Waals surface area contributed by atoms with E-state index in [4.69, 9.17) is 4.74 Å². The number of carbonyl (C=O) groups excluding carboxylic acids is 2. The van der Waals surface area contributed by atoms with Crippen molar-refractivity contribution in [1.29, 1.82) is 0 Å². The molecule has 0 saturated heterocycles. The first kappa shape index (κ1) is 15.0. The van der Waals surface area contributed by atoms with Crippen LogP contribution in [-0.2, 0) is 4.79 Å². The first-order chi connectivity index (χ1) is 10.3. The van der Waals surface area contributed by atoms with Gasteiger partial charge in [0.1, 0.15) is 0 Å². The Morgan fingerprint density at radius 2 is 1.41 bits per heavy atom. The Bertz CT molecular complexity index is 743. The minimum Gasteiger partial charge on any atom is -0.504 e. The van der Waals surface area contributed by atoms with Gasteiger partial charge in [-0.1, -0.05) is 0 Å². The molecule has 1 radical (unpaired) electrons. The summed E-state index contributed by atoms with van der Waals surface area (Å²) in [5.41, 5.74) is -0.512. The molecule has 0 aliphatic heterocycles. The third-order valence-electron chi connectivity index (χ3n) is 2.68. The van der Waals surface area contributed by atoms with Crippen molar-refractivity contribution >= 4 is 12.3 Å². The summed E-state index contributed by atoms with van der Waals surface area (Å²) in [6.45, 7) is 0. The average molecular weight is 305 g/mol. The molecule has 0 unspecified atom stereocenters. The second-order valence-electron chi connectivity index (χ2n) is 4.20. The Labute approximate surface area is 123 Å². The second-order valence-corrected chi connectivity index (χ2v) is 4.20. The molecule has 0 bridgehead atoms. The second kappa shape index (κ2) is 5.52. The number of esters is 1. The molecule has 0 aliphatic rings. The highest BCUT2D eigenvalue weighted by molar-refractivity contribution is 5.93. The number of benzene rings is 2. The molecule has 0 aromatic heterocycles. The molecular formula is C14H9O8. The summed E-state index contributed by atoms with van der Waals surface area (Å²) in [6, 6.07) is 3.52. The van der Waals surface area contributed by atoms with E-state index in [0.717, 1.165) is 24.3 Å². The Kier molecular flexibility index (Phi) is 3.76.